The van der Waals surface area contributed by atoms with Crippen LogP contribution in [0, 0.1) is 5.41 Å². The van der Waals surface area contributed by atoms with Crippen LogP contribution in [0.1, 0.15) is 37.7 Å². The third-order valence-electron chi connectivity index (χ3n) is 5.32. The van der Waals surface area contributed by atoms with Crippen molar-refractivity contribution < 1.29 is 4.79 Å². The first-order valence-electron chi connectivity index (χ1n) is 8.10. The third-order valence-corrected chi connectivity index (χ3v) is 5.32. The van der Waals surface area contributed by atoms with Crippen molar-refractivity contribution in [2.24, 2.45) is 5.41 Å². The van der Waals surface area contributed by atoms with Gasteiger partial charge in [-0.2, -0.15) is 0 Å². The molecule has 1 aromatic rings. The third kappa shape index (κ3) is 3.29. The fourth-order valence-corrected chi connectivity index (χ4v) is 3.50. The highest BCUT2D eigenvalue weighted by Gasteiger charge is 2.50. The van der Waals surface area contributed by atoms with Crippen LogP contribution in [-0.2, 0) is 4.79 Å². The van der Waals surface area contributed by atoms with Crippen molar-refractivity contribution in [3.8, 4) is 0 Å². The van der Waals surface area contributed by atoms with Gasteiger partial charge in [-0.05, 0) is 36.8 Å². The molecule has 1 saturated carbocycles. The lowest BCUT2D eigenvalue weighted by atomic mass is 9.95. The van der Waals surface area contributed by atoms with Crippen LogP contribution in [0.4, 0.5) is 0 Å². The summed E-state index contributed by atoms with van der Waals surface area (Å²) in [5.41, 5.74) is 1.77. The fraction of sp³-hybridized carbons (Fsp3) is 0.611. The van der Waals surface area contributed by atoms with Gasteiger partial charge in [-0.25, -0.2) is 0 Å². The van der Waals surface area contributed by atoms with Gasteiger partial charge in [0.2, 0.25) is 5.91 Å². The van der Waals surface area contributed by atoms with Crippen LogP contribution in [0.2, 0.25) is 0 Å². The van der Waals surface area contributed by atoms with E-state index in [1.807, 2.05) is 4.90 Å². The Labute approximate surface area is 127 Å². The molecule has 114 valence electrons. The van der Waals surface area contributed by atoms with Gasteiger partial charge in [-0.1, -0.05) is 37.3 Å². The summed E-state index contributed by atoms with van der Waals surface area (Å²) in [7, 11) is 2.12. The molecule has 0 N–H and O–H groups in total. The summed E-state index contributed by atoms with van der Waals surface area (Å²) in [6, 6.07) is 10.7. The molecule has 2 fully saturated rings. The van der Waals surface area contributed by atoms with E-state index < -0.39 is 0 Å². The number of benzene rings is 1. The number of hydrogen-bond acceptors (Lipinski definition) is 2. The van der Waals surface area contributed by atoms with Crippen LogP contribution >= 0.6 is 0 Å². The maximum atomic E-state index is 12.3. The Balaban J connectivity index is 1.49. The van der Waals surface area contributed by atoms with Crippen LogP contribution in [0.5, 0.6) is 0 Å². The van der Waals surface area contributed by atoms with Crippen molar-refractivity contribution in [3.63, 3.8) is 0 Å². The van der Waals surface area contributed by atoms with Crippen molar-refractivity contribution in [3.05, 3.63) is 35.9 Å². The predicted molar refractivity (Wildman–Crippen MR) is 85.2 cm³/mol. The second-order valence-corrected chi connectivity index (χ2v) is 7.01. The van der Waals surface area contributed by atoms with Gasteiger partial charge in [0.1, 0.15) is 0 Å². The molecule has 3 heteroatoms. The zero-order chi connectivity index (χ0) is 14.9. The molecule has 21 heavy (non-hydrogen) atoms. The lowest BCUT2D eigenvalue weighted by Gasteiger charge is -2.32. The molecule has 0 spiro atoms. The monoisotopic (exact) mass is 286 g/mol. The zero-order valence-corrected chi connectivity index (χ0v) is 13.2. The van der Waals surface area contributed by atoms with Gasteiger partial charge >= 0.3 is 0 Å². The van der Waals surface area contributed by atoms with Crippen molar-refractivity contribution in [2.45, 2.75) is 32.1 Å². The molecule has 1 saturated heterocycles. The van der Waals surface area contributed by atoms with E-state index in [2.05, 4.69) is 49.2 Å². The Hall–Kier alpha value is -1.35. The van der Waals surface area contributed by atoms with Crippen molar-refractivity contribution >= 4 is 5.91 Å². The molecule has 3 nitrogen and oxygen atoms in total. The Kier molecular flexibility index (Phi) is 4.03. The lowest BCUT2D eigenvalue weighted by Crippen LogP contribution is -2.47. The number of amides is 1. The highest BCUT2D eigenvalue weighted by molar-refractivity contribution is 5.76. The van der Waals surface area contributed by atoms with Gasteiger partial charge in [0, 0.05) is 32.6 Å². The second kappa shape index (κ2) is 5.80. The topological polar surface area (TPSA) is 23.6 Å². The maximum Gasteiger partial charge on any atom is 0.222 e. The molecular weight excluding hydrogens is 260 g/mol. The molecule has 1 heterocycles. The molecule has 0 bridgehead atoms. The number of piperazine rings is 1. The SMILES string of the molecule is CN1CCN(C(=O)CC[C@@]2(C)C[C@H]2c2ccccc2)CC1. The average Bonchev–Trinajstić information content (AvgIpc) is 3.19. The molecule has 2 aliphatic rings. The molecule has 3 rings (SSSR count). The van der Waals surface area contributed by atoms with Gasteiger partial charge in [0.05, 0.1) is 0 Å². The molecular formula is C18H26N2O. The summed E-state index contributed by atoms with van der Waals surface area (Å²) < 4.78 is 0. The number of hydrogen-bond donors (Lipinski definition) is 0. The highest BCUT2D eigenvalue weighted by Crippen LogP contribution is 2.61. The van der Waals surface area contributed by atoms with Crippen molar-refractivity contribution in [1.82, 2.24) is 9.80 Å². The minimum absolute atomic E-state index is 0.337. The number of nitrogens with zero attached hydrogens (tertiary/aromatic N) is 2. The minimum Gasteiger partial charge on any atom is -0.340 e. The zero-order valence-electron chi connectivity index (χ0n) is 13.2. The molecule has 2 atom stereocenters. The van der Waals surface area contributed by atoms with Crippen molar-refractivity contribution in [2.75, 3.05) is 33.2 Å². The Morgan fingerprint density at radius 2 is 1.86 bits per heavy atom. The largest absolute Gasteiger partial charge is 0.340 e. The smallest absolute Gasteiger partial charge is 0.222 e. The van der Waals surface area contributed by atoms with E-state index in [1.54, 1.807) is 0 Å². The van der Waals surface area contributed by atoms with Gasteiger partial charge in [-0.15, -0.1) is 0 Å². The van der Waals surface area contributed by atoms with Crippen LogP contribution < -0.4 is 0 Å². The van der Waals surface area contributed by atoms with Gasteiger partial charge in [-0.3, -0.25) is 4.79 Å². The van der Waals surface area contributed by atoms with E-state index in [0.29, 0.717) is 23.7 Å². The maximum absolute atomic E-state index is 12.3. The van der Waals surface area contributed by atoms with E-state index in [0.717, 1.165) is 32.6 Å². The molecule has 1 aliphatic heterocycles. The number of rotatable bonds is 4. The highest BCUT2D eigenvalue weighted by atomic mass is 16.2. The molecule has 1 aliphatic carbocycles. The Morgan fingerprint density at radius 3 is 2.52 bits per heavy atom. The summed E-state index contributed by atoms with van der Waals surface area (Å²) in [5, 5.41) is 0. The lowest BCUT2D eigenvalue weighted by molar-refractivity contribution is -0.133. The van der Waals surface area contributed by atoms with E-state index in [1.165, 1.54) is 12.0 Å². The summed E-state index contributed by atoms with van der Waals surface area (Å²) >= 11 is 0. The minimum atomic E-state index is 0.337. The number of carbonyl (C=O) groups is 1. The van der Waals surface area contributed by atoms with E-state index >= 15 is 0 Å². The summed E-state index contributed by atoms with van der Waals surface area (Å²) in [6.45, 7) is 6.15. The van der Waals surface area contributed by atoms with E-state index in [-0.39, 0.29) is 0 Å². The predicted octanol–water partition coefficient (Wildman–Crippen LogP) is 2.73. The number of likely N-dealkylation sites (N-methyl/N-ethyl adjacent to an activating group) is 1. The summed E-state index contributed by atoms with van der Waals surface area (Å²) in [5.74, 6) is 1.00. The van der Waals surface area contributed by atoms with Gasteiger partial charge in [0.25, 0.3) is 0 Å². The normalized spacial score (nSPS) is 29.4. The van der Waals surface area contributed by atoms with Crippen LogP contribution in [0.25, 0.3) is 0 Å². The number of carbonyl (C=O) groups excluding carboxylic acids is 1. The van der Waals surface area contributed by atoms with Crippen LogP contribution in [0.3, 0.4) is 0 Å². The van der Waals surface area contributed by atoms with Gasteiger partial charge in [0.15, 0.2) is 0 Å². The molecule has 0 aromatic heterocycles. The second-order valence-electron chi connectivity index (χ2n) is 7.01. The summed E-state index contributed by atoms with van der Waals surface area (Å²) in [4.78, 5) is 16.7. The first kappa shape index (κ1) is 14.6. The van der Waals surface area contributed by atoms with Gasteiger partial charge < -0.3 is 9.80 Å². The first-order valence-corrected chi connectivity index (χ1v) is 8.10. The van der Waals surface area contributed by atoms with Crippen LogP contribution in [0.15, 0.2) is 30.3 Å². The Morgan fingerprint density at radius 1 is 1.19 bits per heavy atom. The molecule has 1 aromatic carbocycles. The fourth-order valence-electron chi connectivity index (χ4n) is 3.50. The van der Waals surface area contributed by atoms with Crippen molar-refractivity contribution in [1.29, 1.82) is 0 Å². The van der Waals surface area contributed by atoms with Crippen LogP contribution in [-0.4, -0.2) is 48.9 Å². The molecule has 1 amide bonds. The summed E-state index contributed by atoms with van der Waals surface area (Å²) in [6.07, 6.45) is 2.97. The molecule has 0 radical (unpaired) electrons. The quantitative estimate of drug-likeness (QED) is 0.849. The first-order chi connectivity index (χ1) is 10.1. The van der Waals surface area contributed by atoms with E-state index in [9.17, 15) is 4.79 Å². The molecule has 0 unspecified atom stereocenters. The average molecular weight is 286 g/mol. The standard InChI is InChI=1S/C18H26N2O/c1-18(14-16(18)15-6-4-3-5-7-15)9-8-17(21)20-12-10-19(2)11-13-20/h3-7,16H,8-14H2,1-2H3/t16-,18-/m0/s1. The Bertz CT molecular complexity index is 493. The van der Waals surface area contributed by atoms with E-state index in [4.69, 9.17) is 0 Å².